The van der Waals surface area contributed by atoms with Crippen molar-refractivity contribution in [3.05, 3.63) is 53.7 Å². The molecule has 0 saturated heterocycles. The molecule has 0 amide bonds. The minimum Gasteiger partial charge on any atom is -0.467 e. The van der Waals surface area contributed by atoms with Gasteiger partial charge in [-0.15, -0.1) is 0 Å². The number of hydrogen-bond acceptors (Lipinski definition) is 2. The summed E-state index contributed by atoms with van der Waals surface area (Å²) in [5.74, 6) is 0.675. The third-order valence-corrected chi connectivity index (χ3v) is 2.27. The summed E-state index contributed by atoms with van der Waals surface area (Å²) < 4.78 is 17.9. The maximum Gasteiger partial charge on any atom is 0.125 e. The van der Waals surface area contributed by atoms with Crippen molar-refractivity contribution < 1.29 is 8.81 Å². The zero-order valence-electron chi connectivity index (χ0n) is 8.46. The molecule has 78 valence electrons. The highest BCUT2D eigenvalue weighted by molar-refractivity contribution is 5.43. The molecule has 0 saturated carbocycles. The second-order valence-corrected chi connectivity index (χ2v) is 3.39. The van der Waals surface area contributed by atoms with E-state index in [1.54, 1.807) is 18.4 Å². The summed E-state index contributed by atoms with van der Waals surface area (Å²) in [7, 11) is 0. The lowest BCUT2D eigenvalue weighted by Gasteiger charge is -2.04. The maximum absolute atomic E-state index is 12.6. The SMILES string of the molecule is Cc1ccoc1CNc1ccc(F)cc1. The quantitative estimate of drug-likeness (QED) is 0.831. The Kier molecular flexibility index (Phi) is 2.72. The van der Waals surface area contributed by atoms with E-state index < -0.39 is 0 Å². The van der Waals surface area contributed by atoms with Crippen LogP contribution >= 0.6 is 0 Å². The van der Waals surface area contributed by atoms with E-state index in [1.165, 1.54) is 12.1 Å². The molecule has 0 aliphatic carbocycles. The Morgan fingerprint density at radius 2 is 1.93 bits per heavy atom. The van der Waals surface area contributed by atoms with Crippen molar-refractivity contribution in [2.45, 2.75) is 13.5 Å². The van der Waals surface area contributed by atoms with Crippen molar-refractivity contribution in [1.82, 2.24) is 0 Å². The van der Waals surface area contributed by atoms with Gasteiger partial charge in [0, 0.05) is 5.69 Å². The molecule has 15 heavy (non-hydrogen) atoms. The van der Waals surface area contributed by atoms with Crippen molar-refractivity contribution in [1.29, 1.82) is 0 Å². The van der Waals surface area contributed by atoms with Crippen LogP contribution in [0.5, 0.6) is 0 Å². The highest BCUT2D eigenvalue weighted by Crippen LogP contribution is 2.13. The lowest BCUT2D eigenvalue weighted by atomic mass is 10.2. The van der Waals surface area contributed by atoms with Crippen LogP contribution in [0.1, 0.15) is 11.3 Å². The van der Waals surface area contributed by atoms with E-state index in [2.05, 4.69) is 5.32 Å². The van der Waals surface area contributed by atoms with Gasteiger partial charge in [-0.25, -0.2) is 4.39 Å². The molecule has 0 aliphatic heterocycles. The largest absolute Gasteiger partial charge is 0.467 e. The Labute approximate surface area is 87.7 Å². The Bertz CT molecular complexity index is 433. The fraction of sp³-hybridized carbons (Fsp3) is 0.167. The third kappa shape index (κ3) is 2.37. The van der Waals surface area contributed by atoms with Crippen LogP contribution in [-0.2, 0) is 6.54 Å². The van der Waals surface area contributed by atoms with Gasteiger partial charge in [-0.2, -0.15) is 0 Å². The number of aryl methyl sites for hydroxylation is 1. The minimum absolute atomic E-state index is 0.227. The van der Waals surface area contributed by atoms with Crippen molar-refractivity contribution >= 4 is 5.69 Å². The van der Waals surface area contributed by atoms with E-state index in [1.807, 2.05) is 13.0 Å². The van der Waals surface area contributed by atoms with Crippen LogP contribution in [0.4, 0.5) is 10.1 Å². The van der Waals surface area contributed by atoms with Gasteiger partial charge in [0.2, 0.25) is 0 Å². The summed E-state index contributed by atoms with van der Waals surface area (Å²) in [6.45, 7) is 2.61. The van der Waals surface area contributed by atoms with Gasteiger partial charge in [-0.1, -0.05) is 0 Å². The molecule has 3 heteroatoms. The van der Waals surface area contributed by atoms with E-state index >= 15 is 0 Å². The normalized spacial score (nSPS) is 10.3. The van der Waals surface area contributed by atoms with Crippen LogP contribution < -0.4 is 5.32 Å². The molecule has 0 fully saturated rings. The molecule has 0 unspecified atom stereocenters. The first-order valence-corrected chi connectivity index (χ1v) is 4.78. The highest BCUT2D eigenvalue weighted by Gasteiger charge is 2.00. The first-order chi connectivity index (χ1) is 7.25. The predicted octanol–water partition coefficient (Wildman–Crippen LogP) is 3.34. The molecule has 1 aromatic carbocycles. The van der Waals surface area contributed by atoms with E-state index in [4.69, 9.17) is 4.42 Å². The second-order valence-electron chi connectivity index (χ2n) is 3.39. The Morgan fingerprint density at radius 1 is 1.20 bits per heavy atom. The van der Waals surface area contributed by atoms with Crippen LogP contribution in [0.2, 0.25) is 0 Å². The number of anilines is 1. The van der Waals surface area contributed by atoms with Gasteiger partial charge in [-0.3, -0.25) is 0 Å². The van der Waals surface area contributed by atoms with Crippen molar-refractivity contribution in [3.63, 3.8) is 0 Å². The summed E-state index contributed by atoms with van der Waals surface area (Å²) in [6, 6.07) is 8.18. The first kappa shape index (κ1) is 9.77. The molecule has 1 aromatic heterocycles. The fourth-order valence-electron chi connectivity index (χ4n) is 1.34. The van der Waals surface area contributed by atoms with E-state index in [9.17, 15) is 4.39 Å². The average Bonchev–Trinajstić information content (AvgIpc) is 2.63. The number of hydrogen-bond donors (Lipinski definition) is 1. The molecule has 0 aliphatic rings. The molecule has 2 nitrogen and oxygen atoms in total. The molecule has 2 rings (SSSR count). The molecular formula is C12H12FNO. The number of rotatable bonds is 3. The van der Waals surface area contributed by atoms with Crippen molar-refractivity contribution in [3.8, 4) is 0 Å². The molecule has 1 N–H and O–H groups in total. The summed E-state index contributed by atoms with van der Waals surface area (Å²) in [4.78, 5) is 0. The first-order valence-electron chi connectivity index (χ1n) is 4.78. The predicted molar refractivity (Wildman–Crippen MR) is 57.2 cm³/mol. The molecular weight excluding hydrogens is 193 g/mol. The fourth-order valence-corrected chi connectivity index (χ4v) is 1.34. The number of nitrogens with one attached hydrogen (secondary N) is 1. The zero-order chi connectivity index (χ0) is 10.7. The topological polar surface area (TPSA) is 25.2 Å². The summed E-state index contributed by atoms with van der Waals surface area (Å²) >= 11 is 0. The lowest BCUT2D eigenvalue weighted by Crippen LogP contribution is -1.99. The molecule has 0 bridgehead atoms. The minimum atomic E-state index is -0.227. The summed E-state index contributed by atoms with van der Waals surface area (Å²) in [6.07, 6.45) is 1.66. The lowest BCUT2D eigenvalue weighted by molar-refractivity contribution is 0.515. The van der Waals surface area contributed by atoms with E-state index in [-0.39, 0.29) is 5.82 Å². The van der Waals surface area contributed by atoms with Crippen LogP contribution in [0.15, 0.2) is 41.0 Å². The van der Waals surface area contributed by atoms with Crippen molar-refractivity contribution in [2.75, 3.05) is 5.32 Å². The van der Waals surface area contributed by atoms with Crippen LogP contribution in [0.3, 0.4) is 0 Å². The molecule has 1 heterocycles. The van der Waals surface area contributed by atoms with E-state index in [0.717, 1.165) is 17.0 Å². The average molecular weight is 205 g/mol. The van der Waals surface area contributed by atoms with Crippen LogP contribution in [0.25, 0.3) is 0 Å². The van der Waals surface area contributed by atoms with Gasteiger partial charge < -0.3 is 9.73 Å². The van der Waals surface area contributed by atoms with Crippen LogP contribution in [0, 0.1) is 12.7 Å². The van der Waals surface area contributed by atoms with Gasteiger partial charge in [0.1, 0.15) is 11.6 Å². The third-order valence-electron chi connectivity index (χ3n) is 2.27. The zero-order valence-corrected chi connectivity index (χ0v) is 8.46. The molecule has 2 aromatic rings. The van der Waals surface area contributed by atoms with Crippen molar-refractivity contribution in [2.24, 2.45) is 0 Å². The van der Waals surface area contributed by atoms with Crippen LogP contribution in [-0.4, -0.2) is 0 Å². The summed E-state index contributed by atoms with van der Waals surface area (Å²) in [5, 5.41) is 3.15. The number of furan rings is 1. The van der Waals surface area contributed by atoms with Gasteiger partial charge in [-0.05, 0) is 42.8 Å². The molecule has 0 radical (unpaired) electrons. The summed E-state index contributed by atoms with van der Waals surface area (Å²) in [5.41, 5.74) is 2.00. The monoisotopic (exact) mass is 205 g/mol. The molecule has 0 atom stereocenters. The smallest absolute Gasteiger partial charge is 0.125 e. The molecule has 0 spiro atoms. The highest BCUT2D eigenvalue weighted by atomic mass is 19.1. The number of benzene rings is 1. The van der Waals surface area contributed by atoms with Gasteiger partial charge in [0.05, 0.1) is 12.8 Å². The standard InChI is InChI=1S/C12H12FNO/c1-9-6-7-15-12(9)8-14-11-4-2-10(13)3-5-11/h2-7,14H,8H2,1H3. The van der Waals surface area contributed by atoms with Gasteiger partial charge in [0.25, 0.3) is 0 Å². The second kappa shape index (κ2) is 4.17. The number of halogens is 1. The van der Waals surface area contributed by atoms with Gasteiger partial charge in [0.15, 0.2) is 0 Å². The Balaban J connectivity index is 1.99. The van der Waals surface area contributed by atoms with E-state index in [0.29, 0.717) is 6.54 Å². The van der Waals surface area contributed by atoms with Gasteiger partial charge >= 0.3 is 0 Å². The maximum atomic E-state index is 12.6. The Hall–Kier alpha value is -1.77. The Morgan fingerprint density at radius 3 is 2.53 bits per heavy atom.